The Morgan fingerprint density at radius 2 is 1.78 bits per heavy atom. The highest BCUT2D eigenvalue weighted by atomic mass is 19.2. The summed E-state index contributed by atoms with van der Waals surface area (Å²) in [7, 11) is 0. The summed E-state index contributed by atoms with van der Waals surface area (Å²) < 4.78 is 25.7. The number of benzene rings is 1. The molecular formula is C13H14F2O3. The highest BCUT2D eigenvalue weighted by molar-refractivity contribution is 5.96. The molecule has 1 rings (SSSR count). The number of hydrogen-bond acceptors (Lipinski definition) is 2. The molecule has 98 valence electrons. The van der Waals surface area contributed by atoms with Crippen LogP contribution in [0.25, 0.3) is 0 Å². The number of halogens is 2. The Morgan fingerprint density at radius 1 is 1.17 bits per heavy atom. The molecular weight excluding hydrogens is 242 g/mol. The molecule has 0 aliphatic heterocycles. The number of rotatable bonds is 5. The summed E-state index contributed by atoms with van der Waals surface area (Å²) in [6, 6.07) is 2.90. The van der Waals surface area contributed by atoms with Crippen LogP contribution in [-0.2, 0) is 4.79 Å². The lowest BCUT2D eigenvalue weighted by molar-refractivity contribution is -0.139. The standard InChI is InChI=1S/C13H14F2O3/c1-13(2,7-12(17)18)6-11(16)8-3-4-9(14)10(15)5-8/h3-5H,6-7H2,1-2H3,(H,17,18). The molecule has 0 aliphatic carbocycles. The molecule has 0 aromatic heterocycles. The van der Waals surface area contributed by atoms with Crippen LogP contribution in [0.5, 0.6) is 0 Å². The van der Waals surface area contributed by atoms with E-state index in [1.165, 1.54) is 6.07 Å². The van der Waals surface area contributed by atoms with E-state index < -0.39 is 28.8 Å². The summed E-state index contributed by atoms with van der Waals surface area (Å²) >= 11 is 0. The second-order valence-corrected chi connectivity index (χ2v) is 4.96. The van der Waals surface area contributed by atoms with Gasteiger partial charge in [-0.05, 0) is 23.6 Å². The van der Waals surface area contributed by atoms with Crippen LogP contribution in [0.4, 0.5) is 8.78 Å². The third kappa shape index (κ3) is 3.91. The second kappa shape index (κ2) is 5.25. The third-order valence-corrected chi connectivity index (χ3v) is 2.51. The zero-order valence-electron chi connectivity index (χ0n) is 10.2. The van der Waals surface area contributed by atoms with Crippen LogP contribution in [-0.4, -0.2) is 16.9 Å². The van der Waals surface area contributed by atoms with Gasteiger partial charge in [-0.3, -0.25) is 9.59 Å². The van der Waals surface area contributed by atoms with Gasteiger partial charge in [0.25, 0.3) is 0 Å². The Hall–Kier alpha value is -1.78. The third-order valence-electron chi connectivity index (χ3n) is 2.51. The number of carboxylic acid groups (broad SMARTS) is 1. The van der Waals surface area contributed by atoms with Gasteiger partial charge in [-0.2, -0.15) is 0 Å². The van der Waals surface area contributed by atoms with Crippen LogP contribution in [0.1, 0.15) is 37.0 Å². The lowest BCUT2D eigenvalue weighted by Crippen LogP contribution is -2.21. The van der Waals surface area contributed by atoms with Crippen LogP contribution in [0, 0.1) is 17.0 Å². The van der Waals surface area contributed by atoms with Crippen molar-refractivity contribution < 1.29 is 23.5 Å². The first-order valence-electron chi connectivity index (χ1n) is 5.41. The Labute approximate surface area is 103 Å². The first-order chi connectivity index (χ1) is 8.21. The number of ketones is 1. The van der Waals surface area contributed by atoms with Gasteiger partial charge >= 0.3 is 5.97 Å². The zero-order valence-corrected chi connectivity index (χ0v) is 10.2. The van der Waals surface area contributed by atoms with E-state index in [-0.39, 0.29) is 18.4 Å². The molecule has 0 saturated carbocycles. The second-order valence-electron chi connectivity index (χ2n) is 4.96. The Morgan fingerprint density at radius 3 is 2.28 bits per heavy atom. The van der Waals surface area contributed by atoms with Crippen LogP contribution >= 0.6 is 0 Å². The summed E-state index contributed by atoms with van der Waals surface area (Å²) in [5.41, 5.74) is -0.680. The maximum Gasteiger partial charge on any atom is 0.303 e. The highest BCUT2D eigenvalue weighted by Crippen LogP contribution is 2.27. The molecule has 5 heteroatoms. The first-order valence-corrected chi connectivity index (χ1v) is 5.41. The smallest absolute Gasteiger partial charge is 0.303 e. The Bertz CT molecular complexity index is 481. The van der Waals surface area contributed by atoms with Crippen molar-refractivity contribution in [3.8, 4) is 0 Å². The fourth-order valence-electron chi connectivity index (χ4n) is 1.68. The fourth-order valence-corrected chi connectivity index (χ4v) is 1.68. The topological polar surface area (TPSA) is 54.4 Å². The number of carbonyl (C=O) groups is 2. The predicted molar refractivity (Wildman–Crippen MR) is 61.3 cm³/mol. The van der Waals surface area contributed by atoms with Gasteiger partial charge in [-0.15, -0.1) is 0 Å². The van der Waals surface area contributed by atoms with E-state index in [1.807, 2.05) is 0 Å². The average molecular weight is 256 g/mol. The number of Topliss-reactive ketones (excluding diaryl/α,β-unsaturated/α-hetero) is 1. The summed E-state index contributed by atoms with van der Waals surface area (Å²) in [6.07, 6.45) is -0.202. The average Bonchev–Trinajstić information content (AvgIpc) is 2.19. The Balaban J connectivity index is 2.82. The van der Waals surface area contributed by atoms with E-state index in [1.54, 1.807) is 13.8 Å². The van der Waals surface area contributed by atoms with Crippen molar-refractivity contribution in [3.05, 3.63) is 35.4 Å². The molecule has 0 fully saturated rings. The van der Waals surface area contributed by atoms with Crippen LogP contribution in [0.2, 0.25) is 0 Å². The van der Waals surface area contributed by atoms with Gasteiger partial charge in [-0.25, -0.2) is 8.78 Å². The van der Waals surface area contributed by atoms with Gasteiger partial charge in [-0.1, -0.05) is 13.8 Å². The van der Waals surface area contributed by atoms with E-state index in [9.17, 15) is 18.4 Å². The lowest BCUT2D eigenvalue weighted by atomic mass is 9.82. The molecule has 3 nitrogen and oxygen atoms in total. The minimum Gasteiger partial charge on any atom is -0.481 e. The van der Waals surface area contributed by atoms with Crippen molar-refractivity contribution >= 4 is 11.8 Å². The van der Waals surface area contributed by atoms with Crippen LogP contribution in [0.3, 0.4) is 0 Å². The molecule has 0 bridgehead atoms. The molecule has 1 N–H and O–H groups in total. The lowest BCUT2D eigenvalue weighted by Gasteiger charge is -2.21. The molecule has 0 amide bonds. The molecule has 0 aliphatic rings. The van der Waals surface area contributed by atoms with E-state index >= 15 is 0 Å². The molecule has 0 heterocycles. The minimum atomic E-state index is -1.09. The Kier molecular flexibility index (Phi) is 4.16. The van der Waals surface area contributed by atoms with E-state index in [4.69, 9.17) is 5.11 Å². The van der Waals surface area contributed by atoms with Crippen molar-refractivity contribution in [2.45, 2.75) is 26.7 Å². The molecule has 0 spiro atoms. The van der Waals surface area contributed by atoms with Crippen molar-refractivity contribution in [1.82, 2.24) is 0 Å². The van der Waals surface area contributed by atoms with Gasteiger partial charge in [0.15, 0.2) is 17.4 Å². The molecule has 0 unspecified atom stereocenters. The largest absolute Gasteiger partial charge is 0.481 e. The molecule has 0 saturated heterocycles. The molecule has 1 aromatic rings. The summed E-state index contributed by atoms with van der Waals surface area (Å²) in [5, 5.41) is 8.69. The summed E-state index contributed by atoms with van der Waals surface area (Å²) in [5.74, 6) is -3.51. The van der Waals surface area contributed by atoms with E-state index in [0.29, 0.717) is 0 Å². The SMILES string of the molecule is CC(C)(CC(=O)O)CC(=O)c1ccc(F)c(F)c1. The van der Waals surface area contributed by atoms with Gasteiger partial charge in [0.2, 0.25) is 0 Å². The van der Waals surface area contributed by atoms with Crippen molar-refractivity contribution in [2.24, 2.45) is 5.41 Å². The molecule has 0 atom stereocenters. The molecule has 1 aromatic carbocycles. The highest BCUT2D eigenvalue weighted by Gasteiger charge is 2.26. The van der Waals surface area contributed by atoms with Crippen molar-refractivity contribution in [1.29, 1.82) is 0 Å². The number of aliphatic carboxylic acids is 1. The maximum absolute atomic E-state index is 13.0. The fraction of sp³-hybridized carbons (Fsp3) is 0.385. The van der Waals surface area contributed by atoms with Crippen LogP contribution < -0.4 is 0 Å². The monoisotopic (exact) mass is 256 g/mol. The molecule has 18 heavy (non-hydrogen) atoms. The summed E-state index contributed by atoms with van der Waals surface area (Å²) in [4.78, 5) is 22.4. The van der Waals surface area contributed by atoms with E-state index in [2.05, 4.69) is 0 Å². The number of carboxylic acids is 1. The maximum atomic E-state index is 13.0. The van der Waals surface area contributed by atoms with Crippen molar-refractivity contribution in [3.63, 3.8) is 0 Å². The quantitative estimate of drug-likeness (QED) is 0.824. The van der Waals surface area contributed by atoms with E-state index in [0.717, 1.165) is 12.1 Å². The van der Waals surface area contributed by atoms with Crippen molar-refractivity contribution in [2.75, 3.05) is 0 Å². The zero-order chi connectivity index (χ0) is 13.9. The van der Waals surface area contributed by atoms with Gasteiger partial charge in [0, 0.05) is 12.0 Å². The predicted octanol–water partition coefficient (Wildman–Crippen LogP) is 3.04. The number of carbonyl (C=O) groups excluding carboxylic acids is 1. The normalized spacial score (nSPS) is 11.3. The van der Waals surface area contributed by atoms with Gasteiger partial charge < -0.3 is 5.11 Å². The first kappa shape index (κ1) is 14.3. The van der Waals surface area contributed by atoms with Gasteiger partial charge in [0.05, 0.1) is 6.42 Å². The van der Waals surface area contributed by atoms with Crippen LogP contribution in [0.15, 0.2) is 18.2 Å². The minimum absolute atomic E-state index is 0.0373. The number of hydrogen-bond donors (Lipinski definition) is 1. The molecule has 0 radical (unpaired) electrons. The summed E-state index contributed by atoms with van der Waals surface area (Å²) in [6.45, 7) is 3.28. The van der Waals surface area contributed by atoms with Gasteiger partial charge in [0.1, 0.15) is 0 Å².